The summed E-state index contributed by atoms with van der Waals surface area (Å²) in [6.45, 7) is 15.0. The quantitative estimate of drug-likeness (QED) is 0.0569. The first-order chi connectivity index (χ1) is 36.5. The molecule has 5 aliphatic rings. The Balaban J connectivity index is 1.59. The first kappa shape index (κ1) is 64.8. The van der Waals surface area contributed by atoms with Gasteiger partial charge >= 0.3 is 23.9 Å². The first-order valence-corrected chi connectivity index (χ1v) is 27.9. The van der Waals surface area contributed by atoms with Crippen LogP contribution in [0, 0.1) is 11.8 Å². The fourth-order valence-electron chi connectivity index (χ4n) is 9.75. The van der Waals surface area contributed by atoms with Crippen LogP contribution in [0.3, 0.4) is 0 Å². The summed E-state index contributed by atoms with van der Waals surface area (Å²) in [5, 5.41) is 79.8. The molecule has 23 nitrogen and oxygen atoms in total. The maximum Gasteiger partial charge on any atom is 0.333 e. The van der Waals surface area contributed by atoms with E-state index in [2.05, 4.69) is 6.92 Å². The van der Waals surface area contributed by atoms with Crippen molar-refractivity contribution in [1.82, 2.24) is 0 Å². The van der Waals surface area contributed by atoms with Gasteiger partial charge in [-0.3, -0.25) is 14.4 Å². The highest BCUT2D eigenvalue weighted by atomic mass is 16.8. The van der Waals surface area contributed by atoms with Crippen molar-refractivity contribution in [3.63, 3.8) is 0 Å². The predicted molar refractivity (Wildman–Crippen MR) is 269 cm³/mol. The molecule has 77 heavy (non-hydrogen) atoms. The number of rotatable bonds is 14. The highest BCUT2D eigenvalue weighted by Gasteiger charge is 2.58. The van der Waals surface area contributed by atoms with Crippen LogP contribution in [0.1, 0.15) is 153 Å². The maximum atomic E-state index is 14.0. The molecule has 23 atom stereocenters. The van der Waals surface area contributed by atoms with Gasteiger partial charge in [0.2, 0.25) is 0 Å². The number of unbranched alkanes of at least 4 members (excludes halogenated alkanes) is 2. The lowest BCUT2D eigenvalue weighted by atomic mass is 9.95. The van der Waals surface area contributed by atoms with Crippen LogP contribution in [0.15, 0.2) is 11.6 Å². The van der Waals surface area contributed by atoms with E-state index in [1.54, 1.807) is 27.7 Å². The Morgan fingerprint density at radius 2 is 1.23 bits per heavy atom. The number of aliphatic hydroxyl groups is 7. The monoisotopic (exact) mass is 1110 g/mol. The van der Waals surface area contributed by atoms with Gasteiger partial charge in [-0.2, -0.15) is 0 Å². The van der Waals surface area contributed by atoms with Crippen molar-refractivity contribution >= 4 is 23.9 Å². The van der Waals surface area contributed by atoms with Gasteiger partial charge in [-0.05, 0) is 67.7 Å². The third-order valence-electron chi connectivity index (χ3n) is 15.1. The van der Waals surface area contributed by atoms with Crippen LogP contribution in [-0.4, -0.2) is 201 Å². The molecule has 0 unspecified atom stereocenters. The van der Waals surface area contributed by atoms with E-state index < -0.39 is 171 Å². The summed E-state index contributed by atoms with van der Waals surface area (Å²) in [5.74, 6) is -4.73. The van der Waals surface area contributed by atoms with Gasteiger partial charge < -0.3 is 92.6 Å². The molecule has 0 aromatic heterocycles. The normalized spacial score (nSPS) is 40.3. The zero-order chi connectivity index (χ0) is 56.8. The van der Waals surface area contributed by atoms with Crippen LogP contribution in [-0.2, 0) is 76.0 Å². The van der Waals surface area contributed by atoms with Crippen molar-refractivity contribution in [1.29, 1.82) is 0 Å². The molecular weight excluding hydrogens is 1020 g/mol. The van der Waals surface area contributed by atoms with E-state index in [1.165, 1.54) is 40.7 Å². The van der Waals surface area contributed by atoms with Crippen molar-refractivity contribution in [2.45, 2.75) is 288 Å². The van der Waals surface area contributed by atoms with Gasteiger partial charge in [-0.1, -0.05) is 84.6 Å². The minimum atomic E-state index is -2.03. The molecule has 0 saturated carbocycles. The van der Waals surface area contributed by atoms with E-state index in [4.69, 9.17) is 56.8 Å². The number of aliphatic hydroxyl groups excluding tert-OH is 7. The van der Waals surface area contributed by atoms with Crippen molar-refractivity contribution in [3.8, 4) is 0 Å². The minimum Gasteiger partial charge on any atom is -0.463 e. The molecule has 5 saturated heterocycles. The lowest BCUT2D eigenvalue weighted by molar-refractivity contribution is -0.399. The summed E-state index contributed by atoms with van der Waals surface area (Å²) >= 11 is 0. The Labute approximate surface area is 452 Å². The van der Waals surface area contributed by atoms with Crippen LogP contribution in [0.5, 0.6) is 0 Å². The molecule has 5 rings (SSSR count). The molecule has 0 amide bonds. The summed E-state index contributed by atoms with van der Waals surface area (Å²) in [7, 11) is 0. The maximum absolute atomic E-state index is 14.0. The average molecular weight is 1110 g/mol. The van der Waals surface area contributed by atoms with Gasteiger partial charge in [-0.25, -0.2) is 4.79 Å². The van der Waals surface area contributed by atoms with Gasteiger partial charge in [0, 0.05) is 12.0 Å². The molecule has 7 N–H and O–H groups in total. The molecule has 5 heterocycles. The van der Waals surface area contributed by atoms with Crippen LogP contribution < -0.4 is 0 Å². The van der Waals surface area contributed by atoms with E-state index in [0.29, 0.717) is 25.7 Å². The molecule has 0 aromatic rings. The molecule has 5 aliphatic heterocycles. The van der Waals surface area contributed by atoms with Crippen LogP contribution in [0.25, 0.3) is 0 Å². The highest BCUT2D eigenvalue weighted by molar-refractivity contribution is 5.87. The Hall–Kier alpha value is -2.98. The second-order valence-corrected chi connectivity index (χ2v) is 21.7. The van der Waals surface area contributed by atoms with E-state index >= 15 is 0 Å². The molecule has 0 radical (unpaired) electrons. The van der Waals surface area contributed by atoms with E-state index in [-0.39, 0.29) is 18.1 Å². The number of ether oxygens (including phenoxy) is 12. The van der Waals surface area contributed by atoms with Gasteiger partial charge in [0.15, 0.2) is 43.5 Å². The summed E-state index contributed by atoms with van der Waals surface area (Å²) < 4.78 is 74.3. The van der Waals surface area contributed by atoms with Crippen molar-refractivity contribution in [2.75, 3.05) is 6.61 Å². The molecule has 0 aromatic carbocycles. The van der Waals surface area contributed by atoms with Crippen molar-refractivity contribution in [3.05, 3.63) is 11.6 Å². The molecule has 5 fully saturated rings. The number of hydrogen-bond acceptors (Lipinski definition) is 23. The van der Waals surface area contributed by atoms with Gasteiger partial charge in [0.05, 0.1) is 42.4 Å². The SMILES string of the molecule is C/C=C(\C)C(=O)O[C@H]1[C@@H]2O[C@H]3[C@H](O[C@H]4[C@H](O[C@H](CCCCC)CCCCCCCCCC(=O)O[C@@H]1[C@@H](O[C@@H]1O[C@H](C)[C@@H](OC(=O)C(C)C)[C@H](O)[C@H]1O)[C@H](C)O2)O[C@H](C)[C@H](O)[C@@H]4O)O[C@H](COC(=O)[C@@H](C)[C@H](C)O)[C@@H](O)[C@@H]3O. The third-order valence-corrected chi connectivity index (χ3v) is 15.1. The van der Waals surface area contributed by atoms with E-state index in [0.717, 1.165) is 51.4 Å². The van der Waals surface area contributed by atoms with Crippen molar-refractivity contribution in [2.24, 2.45) is 11.8 Å². The second kappa shape index (κ2) is 30.7. The molecular formula is C54H90O23. The lowest BCUT2D eigenvalue weighted by Gasteiger charge is -2.50. The number of hydrogen-bond donors (Lipinski definition) is 7. The molecule has 2 bridgehead atoms. The van der Waals surface area contributed by atoms with E-state index in [1.807, 2.05) is 0 Å². The Morgan fingerprint density at radius 3 is 1.87 bits per heavy atom. The van der Waals surface area contributed by atoms with Gasteiger partial charge in [0.1, 0.15) is 67.6 Å². The number of allylic oxidation sites excluding steroid dienone is 1. The number of fused-ring (bicyclic) bond motifs is 4. The number of carbonyl (C=O) groups excluding carboxylic acids is 4. The highest BCUT2D eigenvalue weighted by Crippen LogP contribution is 2.38. The molecule has 444 valence electrons. The van der Waals surface area contributed by atoms with Crippen molar-refractivity contribution < 1.29 is 112 Å². The van der Waals surface area contributed by atoms with Crippen LogP contribution >= 0.6 is 0 Å². The Kier molecular flexibility index (Phi) is 25.9. The lowest BCUT2D eigenvalue weighted by Crippen LogP contribution is -2.68. The van der Waals surface area contributed by atoms with Gasteiger partial charge in [-0.15, -0.1) is 0 Å². The minimum absolute atomic E-state index is 0.0762. The second-order valence-electron chi connectivity index (χ2n) is 21.7. The molecule has 23 heteroatoms. The average Bonchev–Trinajstić information content (AvgIpc) is 3.38. The fourth-order valence-corrected chi connectivity index (χ4v) is 9.75. The van der Waals surface area contributed by atoms with Crippen LogP contribution in [0.4, 0.5) is 0 Å². The summed E-state index contributed by atoms with van der Waals surface area (Å²) in [6, 6.07) is 0. The third kappa shape index (κ3) is 17.5. The summed E-state index contributed by atoms with van der Waals surface area (Å²) in [4.78, 5) is 53.5. The zero-order valence-corrected chi connectivity index (χ0v) is 46.5. The Bertz CT molecular complexity index is 1870. The van der Waals surface area contributed by atoms with E-state index in [9.17, 15) is 54.9 Å². The molecule has 0 aliphatic carbocycles. The summed E-state index contributed by atoms with van der Waals surface area (Å²) in [6.07, 6.45) is -22.7. The predicted octanol–water partition coefficient (Wildman–Crippen LogP) is 2.67. The number of carbonyl (C=O) groups is 4. The smallest absolute Gasteiger partial charge is 0.333 e. The standard InChI is InChI=1S/C54H90O23/c1-11-13-19-22-33-23-20-17-15-14-16-18-21-24-35(56)72-46-43(75-51-41(62)40(61)42(31(9)68-51)73-48(63)26(3)4)32(10)69-54(47(46)74-49(64)27(5)12-2)77-45-39(60)37(58)34(25-66-50(65)28(6)29(7)55)71-53(45)76-44-38(59)36(57)30(8)67-52(44)70-33/h12,26,28-34,36-47,51-55,57-62H,11,13-25H2,1-10H3/b27-12+/t28-,29-,30+,31+,32-,33+,34+,36-,37+,38-,39-,40+,41+,42+,43-,44+,45+,46+,47+,51-,52-,53-,54-/m0/s1. The van der Waals surface area contributed by atoms with Gasteiger partial charge in [0.25, 0.3) is 0 Å². The summed E-state index contributed by atoms with van der Waals surface area (Å²) in [5.41, 5.74) is 0.0983. The fraction of sp³-hybridized carbons (Fsp3) is 0.889. The zero-order valence-electron chi connectivity index (χ0n) is 46.5. The largest absolute Gasteiger partial charge is 0.463 e. The molecule has 0 spiro atoms. The number of esters is 4. The first-order valence-electron chi connectivity index (χ1n) is 27.9. The Morgan fingerprint density at radius 1 is 0.636 bits per heavy atom. The topological polar surface area (TPSA) is 321 Å². The van der Waals surface area contributed by atoms with Crippen LogP contribution in [0.2, 0.25) is 0 Å².